The molecule has 178 valence electrons. The van der Waals surface area contributed by atoms with Gasteiger partial charge in [0, 0.05) is 29.8 Å². The summed E-state index contributed by atoms with van der Waals surface area (Å²) in [7, 11) is 6.95. The van der Waals surface area contributed by atoms with Crippen molar-refractivity contribution >= 4 is 62.3 Å². The van der Waals surface area contributed by atoms with E-state index in [0.29, 0.717) is 35.1 Å². The van der Waals surface area contributed by atoms with Gasteiger partial charge in [0.25, 0.3) is 11.6 Å². The van der Waals surface area contributed by atoms with Crippen LogP contribution in [-0.2, 0) is 0 Å². The number of aromatic nitrogens is 1. The number of ether oxygens (including phenoxy) is 2. The minimum atomic E-state index is -0.588. The molecule has 33 heavy (non-hydrogen) atoms. The van der Waals surface area contributed by atoms with Crippen molar-refractivity contribution in [3.8, 4) is 11.5 Å². The molecule has 0 aliphatic heterocycles. The molecule has 3 aromatic rings. The van der Waals surface area contributed by atoms with E-state index < -0.39 is 10.8 Å². The number of hydrogen-bond acceptors (Lipinski definition) is 8. The van der Waals surface area contributed by atoms with Gasteiger partial charge in [-0.2, -0.15) is 0 Å². The Kier molecular flexibility index (Phi) is 9.24. The van der Waals surface area contributed by atoms with Crippen molar-refractivity contribution in [2.24, 2.45) is 0 Å². The molecule has 1 aromatic heterocycles. The maximum Gasteiger partial charge on any atom is 0.282 e. The molecular formula is C21H24Cl2N4O5S. The van der Waals surface area contributed by atoms with Gasteiger partial charge >= 0.3 is 0 Å². The predicted octanol–water partition coefficient (Wildman–Crippen LogP) is 4.90. The summed E-state index contributed by atoms with van der Waals surface area (Å²) in [6.07, 6.45) is 0.648. The highest BCUT2D eigenvalue weighted by molar-refractivity contribution is 7.22. The van der Waals surface area contributed by atoms with Gasteiger partial charge in [0.15, 0.2) is 16.6 Å². The molecule has 0 radical (unpaired) electrons. The van der Waals surface area contributed by atoms with Crippen LogP contribution in [0.2, 0.25) is 5.02 Å². The molecule has 0 atom stereocenters. The average Bonchev–Trinajstić information content (AvgIpc) is 3.17. The van der Waals surface area contributed by atoms with E-state index in [0.717, 1.165) is 11.2 Å². The third-order valence-electron chi connectivity index (χ3n) is 4.73. The first-order valence-corrected chi connectivity index (χ1v) is 10.9. The van der Waals surface area contributed by atoms with Crippen molar-refractivity contribution in [2.75, 3.05) is 46.3 Å². The monoisotopic (exact) mass is 514 g/mol. The highest BCUT2D eigenvalue weighted by Crippen LogP contribution is 2.38. The molecule has 0 saturated heterocycles. The van der Waals surface area contributed by atoms with Gasteiger partial charge in [-0.15, -0.1) is 12.4 Å². The summed E-state index contributed by atoms with van der Waals surface area (Å²) in [6.45, 7) is 1.06. The summed E-state index contributed by atoms with van der Waals surface area (Å²) < 4.78 is 11.5. The number of nitrogens with zero attached hydrogens (tertiary/aromatic N) is 4. The third-order valence-corrected chi connectivity index (χ3v) is 6.01. The summed E-state index contributed by atoms with van der Waals surface area (Å²) in [4.78, 5) is 32.5. The number of carbonyl (C=O) groups excluding carboxylic acids is 1. The Labute approximate surface area is 206 Å². The number of fused-ring (bicyclic) bond motifs is 1. The molecule has 1 amide bonds. The van der Waals surface area contributed by atoms with Crippen molar-refractivity contribution in [3.63, 3.8) is 0 Å². The number of benzene rings is 2. The largest absolute Gasteiger partial charge is 0.493 e. The lowest BCUT2D eigenvalue weighted by atomic mass is 10.1. The normalized spacial score (nSPS) is 10.7. The van der Waals surface area contributed by atoms with Crippen molar-refractivity contribution < 1.29 is 19.2 Å². The van der Waals surface area contributed by atoms with E-state index in [1.54, 1.807) is 19.2 Å². The van der Waals surface area contributed by atoms with Gasteiger partial charge in [-0.25, -0.2) is 4.98 Å². The fraction of sp³-hybridized carbons (Fsp3) is 0.333. The molecule has 9 nitrogen and oxygen atoms in total. The molecule has 3 rings (SSSR count). The van der Waals surface area contributed by atoms with E-state index in [1.807, 2.05) is 19.0 Å². The molecule has 1 heterocycles. The molecule has 0 aliphatic carbocycles. The predicted molar refractivity (Wildman–Crippen MR) is 133 cm³/mol. The van der Waals surface area contributed by atoms with Crippen LogP contribution in [0.3, 0.4) is 0 Å². The van der Waals surface area contributed by atoms with Crippen LogP contribution in [0, 0.1) is 10.1 Å². The Morgan fingerprint density at radius 2 is 1.82 bits per heavy atom. The second-order valence-electron chi connectivity index (χ2n) is 7.20. The minimum Gasteiger partial charge on any atom is -0.493 e. The number of halogens is 2. The molecule has 0 fully saturated rings. The Hall–Kier alpha value is -2.66. The second-order valence-corrected chi connectivity index (χ2v) is 8.65. The molecule has 0 saturated carbocycles. The van der Waals surface area contributed by atoms with E-state index in [4.69, 9.17) is 21.1 Å². The maximum absolute atomic E-state index is 13.5. The molecule has 0 unspecified atom stereocenters. The average molecular weight is 515 g/mol. The first kappa shape index (κ1) is 26.6. The number of hydrogen-bond donors (Lipinski definition) is 0. The first-order chi connectivity index (χ1) is 15.2. The van der Waals surface area contributed by atoms with Gasteiger partial charge in [0.1, 0.15) is 5.56 Å². The quantitative estimate of drug-likeness (QED) is 0.296. The van der Waals surface area contributed by atoms with Gasteiger partial charge in [-0.3, -0.25) is 19.8 Å². The second kappa shape index (κ2) is 11.5. The Bertz CT molecular complexity index is 1110. The van der Waals surface area contributed by atoms with Gasteiger partial charge in [-0.1, -0.05) is 22.9 Å². The zero-order chi connectivity index (χ0) is 23.4. The molecule has 2 aromatic carbocycles. The number of methoxy groups -OCH3 is 2. The highest BCUT2D eigenvalue weighted by atomic mass is 35.5. The van der Waals surface area contributed by atoms with Crippen LogP contribution in [-0.4, -0.2) is 62.1 Å². The lowest BCUT2D eigenvalue weighted by molar-refractivity contribution is -0.385. The first-order valence-electron chi connectivity index (χ1n) is 9.68. The fourth-order valence-electron chi connectivity index (χ4n) is 3.17. The fourth-order valence-corrected chi connectivity index (χ4v) is 4.34. The molecule has 0 aliphatic rings. The smallest absolute Gasteiger partial charge is 0.282 e. The van der Waals surface area contributed by atoms with Crippen molar-refractivity contribution in [1.29, 1.82) is 0 Å². The number of nitro groups is 1. The Morgan fingerprint density at radius 1 is 1.15 bits per heavy atom. The van der Waals surface area contributed by atoms with Crippen LogP contribution in [0.5, 0.6) is 11.5 Å². The van der Waals surface area contributed by atoms with Crippen LogP contribution in [0.25, 0.3) is 10.2 Å². The Morgan fingerprint density at radius 3 is 2.42 bits per heavy atom. The molecular weight excluding hydrogens is 491 g/mol. The third kappa shape index (κ3) is 6.02. The molecule has 12 heteroatoms. The van der Waals surface area contributed by atoms with Crippen LogP contribution in [0.1, 0.15) is 16.8 Å². The summed E-state index contributed by atoms with van der Waals surface area (Å²) in [5.74, 6) is 0.537. The standard InChI is InChI=1S/C21H23ClN4O5S.ClH/c1-24(2)8-5-9-25(20(27)14-10-13(22)6-7-16(14)26(28)29)21-23-15-11-17(30-3)18(31-4)12-19(15)32-21;/h6-7,10-12H,5,8-9H2,1-4H3;1H. The molecule has 0 spiro atoms. The number of rotatable bonds is 9. The summed E-state index contributed by atoms with van der Waals surface area (Å²) >= 11 is 7.35. The van der Waals surface area contributed by atoms with Crippen molar-refractivity contribution in [1.82, 2.24) is 9.88 Å². The van der Waals surface area contributed by atoms with E-state index >= 15 is 0 Å². The van der Waals surface area contributed by atoms with Crippen molar-refractivity contribution in [2.45, 2.75) is 6.42 Å². The van der Waals surface area contributed by atoms with Crippen LogP contribution in [0.15, 0.2) is 30.3 Å². The number of amides is 1. The summed E-state index contributed by atoms with van der Waals surface area (Å²) in [5, 5.41) is 12.2. The molecule has 0 N–H and O–H groups in total. The SMILES string of the molecule is COc1cc2nc(N(CCCN(C)C)C(=O)c3cc(Cl)ccc3[N+](=O)[O-])sc2cc1OC.Cl. The van der Waals surface area contributed by atoms with Gasteiger partial charge < -0.3 is 14.4 Å². The highest BCUT2D eigenvalue weighted by Gasteiger charge is 2.28. The van der Waals surface area contributed by atoms with Gasteiger partial charge in [-0.05, 0) is 39.2 Å². The number of anilines is 1. The lowest BCUT2D eigenvalue weighted by Crippen LogP contribution is -2.33. The minimum absolute atomic E-state index is 0. The van der Waals surface area contributed by atoms with E-state index in [2.05, 4.69) is 4.98 Å². The lowest BCUT2D eigenvalue weighted by Gasteiger charge is -2.21. The van der Waals surface area contributed by atoms with E-state index in [1.165, 1.54) is 41.5 Å². The number of carbonyl (C=O) groups is 1. The topological polar surface area (TPSA) is 98.0 Å². The summed E-state index contributed by atoms with van der Waals surface area (Å²) in [5.41, 5.74) is 0.247. The zero-order valence-corrected chi connectivity index (χ0v) is 20.9. The van der Waals surface area contributed by atoms with E-state index in [-0.39, 0.29) is 28.7 Å². The number of nitro benzene ring substituents is 1. The van der Waals surface area contributed by atoms with E-state index in [9.17, 15) is 14.9 Å². The number of thiazole rings is 1. The van der Waals surface area contributed by atoms with Crippen LogP contribution < -0.4 is 14.4 Å². The van der Waals surface area contributed by atoms with Gasteiger partial charge in [0.2, 0.25) is 0 Å². The van der Waals surface area contributed by atoms with Gasteiger partial charge in [0.05, 0.1) is 29.4 Å². The maximum atomic E-state index is 13.5. The van der Waals surface area contributed by atoms with Crippen LogP contribution >= 0.6 is 35.3 Å². The Balaban J connectivity index is 0.00000385. The zero-order valence-electron chi connectivity index (χ0n) is 18.5. The van der Waals surface area contributed by atoms with Crippen molar-refractivity contribution in [3.05, 3.63) is 51.0 Å². The molecule has 0 bridgehead atoms. The summed E-state index contributed by atoms with van der Waals surface area (Å²) in [6, 6.07) is 7.48. The van der Waals surface area contributed by atoms with Crippen LogP contribution in [0.4, 0.5) is 10.8 Å².